The Kier molecular flexibility index (Phi) is 4.78. The van der Waals surface area contributed by atoms with Crippen molar-refractivity contribution in [3.8, 4) is 28.5 Å². The lowest BCUT2D eigenvalue weighted by atomic mass is 10.1. The molecule has 2 N–H and O–H groups in total. The largest absolute Gasteiger partial charge is 0.492 e. The van der Waals surface area contributed by atoms with Crippen LogP contribution in [0.2, 0.25) is 0 Å². The number of nitrogens with zero attached hydrogens (tertiary/aromatic N) is 3. The minimum Gasteiger partial charge on any atom is -0.492 e. The first-order valence-electron chi connectivity index (χ1n) is 11.1. The first-order chi connectivity index (χ1) is 16.2. The predicted octanol–water partition coefficient (Wildman–Crippen LogP) is 2.10. The number of rotatable bonds is 7. The fourth-order valence-corrected chi connectivity index (χ4v) is 4.36. The monoisotopic (exact) mass is 449 g/mol. The van der Waals surface area contributed by atoms with Gasteiger partial charge in [0.25, 0.3) is 5.91 Å². The number of hydrogen-bond donors (Lipinski definition) is 2. The number of likely N-dealkylation sites (tertiary alicyclic amines) is 1. The fraction of sp³-hybridized carbons (Fsp3) is 0.391. The third-order valence-corrected chi connectivity index (χ3v) is 6.32. The van der Waals surface area contributed by atoms with E-state index in [4.69, 9.17) is 14.2 Å². The van der Waals surface area contributed by atoms with Crippen LogP contribution in [-0.2, 0) is 4.79 Å². The Morgan fingerprint density at radius 1 is 1.27 bits per heavy atom. The van der Waals surface area contributed by atoms with Crippen LogP contribution in [-0.4, -0.2) is 64.7 Å². The molecule has 3 aromatic rings. The summed E-state index contributed by atoms with van der Waals surface area (Å²) in [6.07, 6.45) is 6.96. The highest BCUT2D eigenvalue weighted by Gasteiger charge is 2.29. The maximum absolute atomic E-state index is 13.0. The first-order valence-corrected chi connectivity index (χ1v) is 11.1. The average Bonchev–Trinajstić information content (AvgIpc) is 3.20. The molecule has 2 amide bonds. The number of fused-ring (bicyclic) bond motifs is 2. The molecule has 4 heterocycles. The summed E-state index contributed by atoms with van der Waals surface area (Å²) in [5.74, 6) is 2.20. The molecule has 1 saturated heterocycles. The van der Waals surface area contributed by atoms with Gasteiger partial charge in [0, 0.05) is 25.3 Å². The van der Waals surface area contributed by atoms with Gasteiger partial charge >= 0.3 is 0 Å². The van der Waals surface area contributed by atoms with E-state index in [0.717, 1.165) is 12.8 Å². The number of carbonyl (C=O) groups excluding carboxylic acids is 2. The number of aromatic nitrogens is 3. The zero-order valence-electron chi connectivity index (χ0n) is 17.9. The highest BCUT2D eigenvalue weighted by atomic mass is 16.7. The van der Waals surface area contributed by atoms with Crippen LogP contribution in [0.3, 0.4) is 0 Å². The molecule has 0 spiro atoms. The molecule has 33 heavy (non-hydrogen) atoms. The van der Waals surface area contributed by atoms with Crippen LogP contribution in [0.1, 0.15) is 29.6 Å². The van der Waals surface area contributed by atoms with Gasteiger partial charge in [0.15, 0.2) is 11.5 Å². The lowest BCUT2D eigenvalue weighted by molar-refractivity contribution is -0.117. The summed E-state index contributed by atoms with van der Waals surface area (Å²) in [5, 5.41) is 3.00. The molecule has 170 valence electrons. The van der Waals surface area contributed by atoms with Gasteiger partial charge in [-0.15, -0.1) is 0 Å². The third kappa shape index (κ3) is 3.61. The van der Waals surface area contributed by atoms with Gasteiger partial charge in [-0.1, -0.05) is 0 Å². The molecule has 2 aromatic heterocycles. The van der Waals surface area contributed by atoms with Crippen LogP contribution >= 0.6 is 0 Å². The van der Waals surface area contributed by atoms with Crippen LogP contribution in [0.25, 0.3) is 22.3 Å². The Morgan fingerprint density at radius 2 is 2.18 bits per heavy atom. The summed E-state index contributed by atoms with van der Waals surface area (Å²) in [4.78, 5) is 37.7. The Balaban J connectivity index is 1.36. The fourth-order valence-electron chi connectivity index (χ4n) is 4.36. The standard InChI is InChI=1S/C23H23N5O5/c29-11-28-6-5-14(8-28)27-23(30)15-7-24-21-19(15)25-10-26-20(21)18-16(31-9-13-1-2-13)3-4-17-22(18)33-12-32-17/h3-4,7,10-11,13-14,24H,1-2,5-6,8-9,12H2,(H,27,30)/t14-/m1/s1. The van der Waals surface area contributed by atoms with E-state index in [1.54, 1.807) is 11.1 Å². The molecule has 0 unspecified atom stereocenters. The molecule has 0 radical (unpaired) electrons. The van der Waals surface area contributed by atoms with Crippen LogP contribution in [0.4, 0.5) is 0 Å². The number of hydrogen-bond acceptors (Lipinski definition) is 7. The number of carbonyl (C=O) groups is 2. The van der Waals surface area contributed by atoms with E-state index in [-0.39, 0.29) is 18.7 Å². The summed E-state index contributed by atoms with van der Waals surface area (Å²) in [6.45, 7) is 1.91. The molecule has 3 aliphatic rings. The normalized spacial score (nSPS) is 19.2. The predicted molar refractivity (Wildman–Crippen MR) is 117 cm³/mol. The summed E-state index contributed by atoms with van der Waals surface area (Å²) in [6, 6.07) is 3.62. The van der Waals surface area contributed by atoms with Gasteiger partial charge in [0.05, 0.1) is 23.3 Å². The van der Waals surface area contributed by atoms with E-state index in [1.165, 1.54) is 19.2 Å². The third-order valence-electron chi connectivity index (χ3n) is 6.32. The van der Waals surface area contributed by atoms with Crippen molar-refractivity contribution in [2.24, 2.45) is 5.92 Å². The lowest BCUT2D eigenvalue weighted by Gasteiger charge is -2.14. The van der Waals surface area contributed by atoms with Crippen molar-refractivity contribution in [3.05, 3.63) is 30.2 Å². The van der Waals surface area contributed by atoms with Crippen molar-refractivity contribution in [3.63, 3.8) is 0 Å². The minimum absolute atomic E-state index is 0.0840. The van der Waals surface area contributed by atoms with E-state index >= 15 is 0 Å². The van der Waals surface area contributed by atoms with Gasteiger partial charge in [0.2, 0.25) is 13.2 Å². The SMILES string of the molecule is O=CN1CC[C@@H](NC(=O)c2c[nH]c3c(-c4c(OCC5CC5)ccc5c4OCO5)ncnc23)C1. The maximum Gasteiger partial charge on any atom is 0.255 e. The quantitative estimate of drug-likeness (QED) is 0.530. The molecule has 1 saturated carbocycles. The van der Waals surface area contributed by atoms with Crippen molar-refractivity contribution in [1.82, 2.24) is 25.2 Å². The van der Waals surface area contributed by atoms with Crippen molar-refractivity contribution in [2.75, 3.05) is 26.5 Å². The van der Waals surface area contributed by atoms with Crippen molar-refractivity contribution < 1.29 is 23.8 Å². The van der Waals surface area contributed by atoms with Crippen molar-refractivity contribution in [2.45, 2.75) is 25.3 Å². The van der Waals surface area contributed by atoms with E-state index in [2.05, 4.69) is 20.3 Å². The van der Waals surface area contributed by atoms with Crippen LogP contribution < -0.4 is 19.5 Å². The number of amides is 2. The molecule has 6 rings (SSSR count). The summed E-state index contributed by atoms with van der Waals surface area (Å²) >= 11 is 0. The first kappa shape index (κ1) is 19.8. The van der Waals surface area contributed by atoms with Crippen LogP contribution in [0, 0.1) is 5.92 Å². The van der Waals surface area contributed by atoms with Crippen LogP contribution in [0.5, 0.6) is 17.2 Å². The Bertz CT molecular complexity index is 1240. The highest BCUT2D eigenvalue weighted by Crippen LogP contribution is 2.48. The Labute approximate surface area is 189 Å². The van der Waals surface area contributed by atoms with Gasteiger partial charge in [-0.2, -0.15) is 0 Å². The smallest absolute Gasteiger partial charge is 0.255 e. The Morgan fingerprint density at radius 3 is 3.00 bits per heavy atom. The minimum atomic E-state index is -0.244. The van der Waals surface area contributed by atoms with Gasteiger partial charge in [0.1, 0.15) is 23.3 Å². The second-order valence-corrected chi connectivity index (χ2v) is 8.63. The molecule has 1 aliphatic carbocycles. The average molecular weight is 449 g/mol. The van der Waals surface area contributed by atoms with E-state index in [1.807, 2.05) is 12.1 Å². The van der Waals surface area contributed by atoms with Gasteiger partial charge in [-0.25, -0.2) is 9.97 Å². The molecule has 0 bridgehead atoms. The maximum atomic E-state index is 13.0. The lowest BCUT2D eigenvalue weighted by Crippen LogP contribution is -2.36. The number of aromatic amines is 1. The summed E-state index contributed by atoms with van der Waals surface area (Å²) < 4.78 is 17.5. The zero-order valence-corrected chi connectivity index (χ0v) is 17.9. The molecule has 10 heteroatoms. The molecular weight excluding hydrogens is 426 g/mol. The topological polar surface area (TPSA) is 119 Å². The molecule has 10 nitrogen and oxygen atoms in total. The molecule has 1 aromatic carbocycles. The van der Waals surface area contributed by atoms with Crippen molar-refractivity contribution in [1.29, 1.82) is 0 Å². The number of ether oxygens (including phenoxy) is 3. The van der Waals surface area contributed by atoms with Gasteiger partial charge < -0.3 is 29.4 Å². The molecule has 1 atom stereocenters. The Hall–Kier alpha value is -3.82. The molecule has 2 fully saturated rings. The summed E-state index contributed by atoms with van der Waals surface area (Å²) in [7, 11) is 0. The number of H-pyrrole nitrogens is 1. The molecule has 2 aliphatic heterocycles. The molecular formula is C23H23N5O5. The summed E-state index contributed by atoms with van der Waals surface area (Å²) in [5.41, 5.74) is 2.81. The van der Waals surface area contributed by atoms with E-state index in [0.29, 0.717) is 70.7 Å². The van der Waals surface area contributed by atoms with Crippen LogP contribution in [0.15, 0.2) is 24.7 Å². The highest BCUT2D eigenvalue weighted by molar-refractivity contribution is 6.08. The van der Waals surface area contributed by atoms with E-state index < -0.39 is 0 Å². The van der Waals surface area contributed by atoms with Gasteiger partial charge in [-0.3, -0.25) is 9.59 Å². The number of nitrogens with one attached hydrogen (secondary N) is 2. The van der Waals surface area contributed by atoms with E-state index in [9.17, 15) is 9.59 Å². The number of benzene rings is 1. The second kappa shape index (κ2) is 7.95. The second-order valence-electron chi connectivity index (χ2n) is 8.63. The zero-order chi connectivity index (χ0) is 22.4. The van der Waals surface area contributed by atoms with Crippen molar-refractivity contribution >= 4 is 23.4 Å². The van der Waals surface area contributed by atoms with Gasteiger partial charge in [-0.05, 0) is 37.3 Å².